The first-order valence-electron chi connectivity index (χ1n) is 6.77. The highest BCUT2D eigenvalue weighted by Gasteiger charge is 2.22. The van der Waals surface area contributed by atoms with Crippen LogP contribution in [0.1, 0.15) is 41.0 Å². The third-order valence-corrected chi connectivity index (χ3v) is 2.78. The first-order chi connectivity index (χ1) is 8.75. The Morgan fingerprint density at radius 1 is 1.00 bits per heavy atom. The molecule has 0 fully saturated rings. The molecule has 0 spiro atoms. The number of carbonyl (C=O) groups is 2. The summed E-state index contributed by atoms with van der Waals surface area (Å²) in [4.78, 5) is 25.1. The fraction of sp³-hybridized carbons (Fsp3) is 0.857. The predicted molar refractivity (Wildman–Crippen MR) is 74.0 cm³/mol. The van der Waals surface area contributed by atoms with Crippen molar-refractivity contribution in [3.8, 4) is 0 Å². The molecule has 0 rings (SSSR count). The lowest BCUT2D eigenvalue weighted by molar-refractivity contribution is -0.142. The molecule has 0 saturated heterocycles. The second-order valence-electron chi connectivity index (χ2n) is 5.18. The van der Waals surface area contributed by atoms with E-state index in [9.17, 15) is 9.59 Å². The van der Waals surface area contributed by atoms with Crippen molar-refractivity contribution >= 4 is 11.7 Å². The van der Waals surface area contributed by atoms with Gasteiger partial charge in [0.2, 0.25) is 5.91 Å². The SMILES string of the molecule is CC(C)OCCC(=O)C(C)N(C)C(=O)COC(C)C. The third kappa shape index (κ3) is 7.95. The van der Waals surface area contributed by atoms with Crippen molar-refractivity contribution in [1.29, 1.82) is 0 Å². The number of nitrogens with zero attached hydrogens (tertiary/aromatic N) is 1. The van der Waals surface area contributed by atoms with Gasteiger partial charge < -0.3 is 14.4 Å². The topological polar surface area (TPSA) is 55.8 Å². The third-order valence-electron chi connectivity index (χ3n) is 2.78. The van der Waals surface area contributed by atoms with E-state index in [0.717, 1.165) is 0 Å². The highest BCUT2D eigenvalue weighted by molar-refractivity contribution is 5.89. The van der Waals surface area contributed by atoms with Crippen molar-refractivity contribution in [3.05, 3.63) is 0 Å². The number of hydrogen-bond donors (Lipinski definition) is 0. The largest absolute Gasteiger partial charge is 0.378 e. The van der Waals surface area contributed by atoms with E-state index in [0.29, 0.717) is 13.0 Å². The molecule has 0 bridgehead atoms. The van der Waals surface area contributed by atoms with Gasteiger partial charge in [-0.15, -0.1) is 0 Å². The summed E-state index contributed by atoms with van der Waals surface area (Å²) in [7, 11) is 1.62. The van der Waals surface area contributed by atoms with Gasteiger partial charge in [0.15, 0.2) is 5.78 Å². The maximum absolute atomic E-state index is 11.9. The van der Waals surface area contributed by atoms with Crippen LogP contribution in [0.5, 0.6) is 0 Å². The summed E-state index contributed by atoms with van der Waals surface area (Å²) in [5, 5.41) is 0. The van der Waals surface area contributed by atoms with Gasteiger partial charge in [-0.05, 0) is 34.6 Å². The number of amides is 1. The molecule has 1 amide bonds. The van der Waals surface area contributed by atoms with Crippen LogP contribution < -0.4 is 0 Å². The van der Waals surface area contributed by atoms with Gasteiger partial charge in [-0.3, -0.25) is 9.59 Å². The van der Waals surface area contributed by atoms with Crippen LogP contribution in [0.4, 0.5) is 0 Å². The Balaban J connectivity index is 4.12. The Morgan fingerprint density at radius 2 is 1.53 bits per heavy atom. The van der Waals surface area contributed by atoms with Crippen LogP contribution in [-0.4, -0.2) is 55.1 Å². The fourth-order valence-corrected chi connectivity index (χ4v) is 1.38. The maximum Gasteiger partial charge on any atom is 0.248 e. The van der Waals surface area contributed by atoms with E-state index in [1.165, 1.54) is 4.90 Å². The smallest absolute Gasteiger partial charge is 0.248 e. The average molecular weight is 273 g/mol. The van der Waals surface area contributed by atoms with Gasteiger partial charge in [0, 0.05) is 13.5 Å². The minimum Gasteiger partial charge on any atom is -0.378 e. The molecule has 0 radical (unpaired) electrons. The van der Waals surface area contributed by atoms with E-state index in [-0.39, 0.29) is 30.5 Å². The average Bonchev–Trinajstić information content (AvgIpc) is 2.33. The van der Waals surface area contributed by atoms with E-state index in [1.54, 1.807) is 14.0 Å². The minimum atomic E-state index is -0.445. The lowest BCUT2D eigenvalue weighted by Crippen LogP contribution is -2.42. The van der Waals surface area contributed by atoms with Crippen LogP contribution in [-0.2, 0) is 19.1 Å². The Hall–Kier alpha value is -0.940. The Kier molecular flexibility index (Phi) is 8.59. The van der Waals surface area contributed by atoms with Crippen LogP contribution in [0.15, 0.2) is 0 Å². The molecule has 0 heterocycles. The van der Waals surface area contributed by atoms with Crippen molar-refractivity contribution in [1.82, 2.24) is 4.90 Å². The molecule has 5 heteroatoms. The molecule has 0 aromatic heterocycles. The number of rotatable bonds is 9. The summed E-state index contributed by atoms with van der Waals surface area (Å²) in [6, 6.07) is -0.445. The highest BCUT2D eigenvalue weighted by atomic mass is 16.5. The predicted octanol–water partition coefficient (Wildman–Crippen LogP) is 1.64. The molecule has 1 unspecified atom stereocenters. The molecule has 0 aliphatic carbocycles. The first kappa shape index (κ1) is 18.1. The monoisotopic (exact) mass is 273 g/mol. The van der Waals surface area contributed by atoms with Crippen LogP contribution in [0.3, 0.4) is 0 Å². The summed E-state index contributed by atoms with van der Waals surface area (Å²) in [6.07, 6.45) is 0.437. The number of hydrogen-bond acceptors (Lipinski definition) is 4. The molecule has 0 aliphatic heterocycles. The molecule has 0 saturated carbocycles. The van der Waals surface area contributed by atoms with Crippen LogP contribution in [0, 0.1) is 0 Å². The maximum atomic E-state index is 11.9. The van der Waals surface area contributed by atoms with Gasteiger partial charge in [-0.1, -0.05) is 0 Å². The van der Waals surface area contributed by atoms with E-state index < -0.39 is 6.04 Å². The van der Waals surface area contributed by atoms with Crippen molar-refractivity contribution in [2.75, 3.05) is 20.3 Å². The quantitative estimate of drug-likeness (QED) is 0.641. The second-order valence-corrected chi connectivity index (χ2v) is 5.18. The van der Waals surface area contributed by atoms with Gasteiger partial charge in [0.1, 0.15) is 6.61 Å². The van der Waals surface area contributed by atoms with Gasteiger partial charge in [0.25, 0.3) is 0 Å². The highest BCUT2D eigenvalue weighted by Crippen LogP contribution is 2.03. The van der Waals surface area contributed by atoms with E-state index in [2.05, 4.69) is 0 Å². The molecule has 0 aliphatic rings. The molecular weight excluding hydrogens is 246 g/mol. The van der Waals surface area contributed by atoms with Crippen molar-refractivity contribution < 1.29 is 19.1 Å². The number of ether oxygens (including phenoxy) is 2. The Morgan fingerprint density at radius 3 is 2.00 bits per heavy atom. The molecule has 112 valence electrons. The zero-order chi connectivity index (χ0) is 15.0. The molecule has 1 atom stereocenters. The summed E-state index contributed by atoms with van der Waals surface area (Å²) in [5.74, 6) is -0.180. The standard InChI is InChI=1S/C14H27NO4/c1-10(2)18-8-7-13(16)12(5)15(6)14(17)9-19-11(3)4/h10-12H,7-9H2,1-6H3. The van der Waals surface area contributed by atoms with Crippen LogP contribution >= 0.6 is 0 Å². The molecule has 0 aromatic carbocycles. The zero-order valence-electron chi connectivity index (χ0n) is 12.9. The molecule has 5 nitrogen and oxygen atoms in total. The van der Waals surface area contributed by atoms with Crippen molar-refractivity contribution in [3.63, 3.8) is 0 Å². The number of ketones is 1. The normalized spacial score (nSPS) is 12.8. The number of likely N-dealkylation sites (N-methyl/N-ethyl adjacent to an activating group) is 1. The Labute approximate surface area is 116 Å². The number of carbonyl (C=O) groups excluding carboxylic acids is 2. The van der Waals surface area contributed by atoms with Crippen LogP contribution in [0.2, 0.25) is 0 Å². The summed E-state index contributed by atoms with van der Waals surface area (Å²) in [6.45, 7) is 9.71. The second kappa shape index (κ2) is 9.04. The molecule has 19 heavy (non-hydrogen) atoms. The van der Waals surface area contributed by atoms with Crippen molar-refractivity contribution in [2.24, 2.45) is 0 Å². The fourth-order valence-electron chi connectivity index (χ4n) is 1.38. The van der Waals surface area contributed by atoms with Gasteiger partial charge in [-0.25, -0.2) is 0 Å². The van der Waals surface area contributed by atoms with Gasteiger partial charge in [0.05, 0.1) is 24.9 Å². The lowest BCUT2D eigenvalue weighted by atomic mass is 10.1. The molecule has 0 aromatic rings. The number of Topliss-reactive ketones (excluding diaryl/α,β-unsaturated/α-hetero) is 1. The molecule has 0 N–H and O–H groups in total. The van der Waals surface area contributed by atoms with E-state index in [4.69, 9.17) is 9.47 Å². The Bertz CT molecular complexity index is 289. The zero-order valence-corrected chi connectivity index (χ0v) is 12.9. The summed E-state index contributed by atoms with van der Waals surface area (Å²) >= 11 is 0. The lowest BCUT2D eigenvalue weighted by Gasteiger charge is -2.24. The first-order valence-corrected chi connectivity index (χ1v) is 6.77. The van der Waals surface area contributed by atoms with Gasteiger partial charge in [-0.2, -0.15) is 0 Å². The minimum absolute atomic E-state index is 0.000969. The summed E-state index contributed by atoms with van der Waals surface area (Å²) < 4.78 is 10.6. The summed E-state index contributed by atoms with van der Waals surface area (Å²) in [5.41, 5.74) is 0. The van der Waals surface area contributed by atoms with Gasteiger partial charge >= 0.3 is 0 Å². The van der Waals surface area contributed by atoms with E-state index in [1.807, 2.05) is 27.7 Å². The molecular formula is C14H27NO4. The van der Waals surface area contributed by atoms with E-state index >= 15 is 0 Å². The van der Waals surface area contributed by atoms with Crippen molar-refractivity contribution in [2.45, 2.75) is 59.3 Å². The van der Waals surface area contributed by atoms with Crippen LogP contribution in [0.25, 0.3) is 0 Å².